The summed E-state index contributed by atoms with van der Waals surface area (Å²) in [5.74, 6) is -1.06. The minimum Gasteiger partial charge on any atom is -0.198 e. The fourth-order valence-electron chi connectivity index (χ4n) is 0.952. The van der Waals surface area contributed by atoms with Crippen molar-refractivity contribution in [1.29, 1.82) is 21.0 Å². The van der Waals surface area contributed by atoms with E-state index in [1.54, 1.807) is 0 Å². The van der Waals surface area contributed by atoms with Crippen molar-refractivity contribution in [2.75, 3.05) is 0 Å². The van der Waals surface area contributed by atoms with Crippen LogP contribution in [0.3, 0.4) is 0 Å². The lowest BCUT2D eigenvalue weighted by atomic mass is 9.89. The summed E-state index contributed by atoms with van der Waals surface area (Å²) in [6.07, 6.45) is 0.675. The highest BCUT2D eigenvalue weighted by atomic mass is 14.4. The predicted molar refractivity (Wildman–Crippen MR) is 43.3 cm³/mol. The predicted octanol–water partition coefficient (Wildman–Crippen LogP) is 1.48. The zero-order valence-electron chi connectivity index (χ0n) is 7.06. The molecule has 4 nitrogen and oxygen atoms in total. The molecule has 13 heavy (non-hydrogen) atoms. The molecule has 0 aliphatic heterocycles. The van der Waals surface area contributed by atoms with E-state index in [9.17, 15) is 0 Å². The normalized spacial score (nSPS) is 12.6. The smallest absolute Gasteiger partial charge is 0.0751 e. The zero-order chi connectivity index (χ0) is 10.1. The average molecular weight is 172 g/mol. The molecule has 0 N–H and O–H groups in total. The zero-order valence-corrected chi connectivity index (χ0v) is 7.06. The van der Waals surface area contributed by atoms with Crippen LogP contribution in [0.25, 0.3) is 0 Å². The van der Waals surface area contributed by atoms with Crippen molar-refractivity contribution in [3.05, 3.63) is 0 Å². The molecule has 2 unspecified atom stereocenters. The van der Waals surface area contributed by atoms with Crippen molar-refractivity contribution in [2.45, 2.75) is 19.3 Å². The van der Waals surface area contributed by atoms with Crippen LogP contribution in [0.1, 0.15) is 19.3 Å². The molecular weight excluding hydrogens is 164 g/mol. The third-order valence-electron chi connectivity index (χ3n) is 1.70. The van der Waals surface area contributed by atoms with E-state index in [0.717, 1.165) is 0 Å². The van der Waals surface area contributed by atoms with Gasteiger partial charge in [0, 0.05) is 6.42 Å². The molecule has 0 saturated heterocycles. The summed E-state index contributed by atoms with van der Waals surface area (Å²) in [6.45, 7) is 0. The summed E-state index contributed by atoms with van der Waals surface area (Å²) < 4.78 is 0. The van der Waals surface area contributed by atoms with Crippen LogP contribution in [0.5, 0.6) is 0 Å². The van der Waals surface area contributed by atoms with Crippen LogP contribution in [0.4, 0.5) is 0 Å². The monoisotopic (exact) mass is 172 g/mol. The molecule has 0 amide bonds. The van der Waals surface area contributed by atoms with Crippen LogP contribution in [0.15, 0.2) is 0 Å². The van der Waals surface area contributed by atoms with E-state index in [2.05, 4.69) is 0 Å². The molecule has 0 bridgehead atoms. The first-order chi connectivity index (χ1) is 6.29. The molecule has 0 aromatic rings. The SMILES string of the molecule is N#CCCC(C#N)C(C#N)CC#N. The van der Waals surface area contributed by atoms with Gasteiger partial charge in [-0.3, -0.25) is 0 Å². The van der Waals surface area contributed by atoms with Crippen LogP contribution in [0, 0.1) is 57.2 Å². The molecule has 4 heteroatoms. The van der Waals surface area contributed by atoms with Gasteiger partial charge in [-0.2, -0.15) is 21.0 Å². The molecule has 0 spiro atoms. The topological polar surface area (TPSA) is 95.2 Å². The Labute approximate surface area is 77.2 Å². The van der Waals surface area contributed by atoms with Gasteiger partial charge in [0.2, 0.25) is 0 Å². The Hall–Kier alpha value is -2.04. The third-order valence-corrected chi connectivity index (χ3v) is 1.70. The lowest BCUT2D eigenvalue weighted by Crippen LogP contribution is -2.10. The molecule has 0 rings (SSSR count). The van der Waals surface area contributed by atoms with Gasteiger partial charge in [0.1, 0.15) is 0 Å². The maximum atomic E-state index is 8.66. The molecule has 0 fully saturated rings. The number of hydrogen-bond donors (Lipinski definition) is 0. The second kappa shape index (κ2) is 6.66. The average Bonchev–Trinajstić information content (AvgIpc) is 2.17. The van der Waals surface area contributed by atoms with Crippen molar-refractivity contribution in [2.24, 2.45) is 11.8 Å². The number of rotatable bonds is 4. The first-order valence-corrected chi connectivity index (χ1v) is 3.83. The fourth-order valence-corrected chi connectivity index (χ4v) is 0.952. The van der Waals surface area contributed by atoms with Gasteiger partial charge in [-0.05, 0) is 6.42 Å². The minimum atomic E-state index is -0.566. The maximum absolute atomic E-state index is 8.66. The van der Waals surface area contributed by atoms with Gasteiger partial charge in [0.15, 0.2) is 0 Å². The van der Waals surface area contributed by atoms with Crippen molar-refractivity contribution in [3.63, 3.8) is 0 Å². The Morgan fingerprint density at radius 1 is 0.846 bits per heavy atom. The second-order valence-corrected chi connectivity index (χ2v) is 2.53. The highest BCUT2D eigenvalue weighted by Gasteiger charge is 2.20. The van der Waals surface area contributed by atoms with E-state index in [-0.39, 0.29) is 12.8 Å². The fraction of sp³-hybridized carbons (Fsp3) is 0.556. The number of nitriles is 4. The quantitative estimate of drug-likeness (QED) is 0.641. The largest absolute Gasteiger partial charge is 0.198 e. The highest BCUT2D eigenvalue weighted by molar-refractivity contribution is 5.02. The van der Waals surface area contributed by atoms with Crippen LogP contribution in [-0.4, -0.2) is 0 Å². The van der Waals surface area contributed by atoms with Crippen LogP contribution >= 0.6 is 0 Å². The van der Waals surface area contributed by atoms with Gasteiger partial charge < -0.3 is 0 Å². The van der Waals surface area contributed by atoms with Crippen LogP contribution in [0.2, 0.25) is 0 Å². The van der Waals surface area contributed by atoms with Gasteiger partial charge in [-0.25, -0.2) is 0 Å². The molecule has 0 saturated carbocycles. The van der Waals surface area contributed by atoms with Crippen LogP contribution in [-0.2, 0) is 0 Å². The Kier molecular flexibility index (Phi) is 5.61. The standard InChI is InChI=1S/C9H8N4/c10-4-1-2-8(6-12)9(7-13)3-5-11/h8-9H,1-3H2. The molecule has 0 aliphatic rings. The van der Waals surface area contributed by atoms with E-state index in [1.165, 1.54) is 0 Å². The summed E-state index contributed by atoms with van der Waals surface area (Å²) in [4.78, 5) is 0. The third kappa shape index (κ3) is 3.76. The Balaban J connectivity index is 4.24. The van der Waals surface area contributed by atoms with E-state index in [4.69, 9.17) is 21.0 Å². The van der Waals surface area contributed by atoms with E-state index in [1.807, 2.05) is 24.3 Å². The molecule has 0 aromatic carbocycles. The highest BCUT2D eigenvalue weighted by Crippen LogP contribution is 2.19. The van der Waals surface area contributed by atoms with E-state index < -0.39 is 11.8 Å². The van der Waals surface area contributed by atoms with Crippen molar-refractivity contribution in [1.82, 2.24) is 0 Å². The first kappa shape index (κ1) is 11.0. The molecule has 0 aliphatic carbocycles. The molecule has 0 aromatic heterocycles. The molecule has 64 valence electrons. The van der Waals surface area contributed by atoms with Gasteiger partial charge in [0.05, 0.1) is 42.5 Å². The van der Waals surface area contributed by atoms with Gasteiger partial charge >= 0.3 is 0 Å². The molecule has 2 atom stereocenters. The lowest BCUT2D eigenvalue weighted by Gasteiger charge is -2.09. The van der Waals surface area contributed by atoms with Crippen molar-refractivity contribution >= 4 is 0 Å². The summed E-state index contributed by atoms with van der Waals surface area (Å²) >= 11 is 0. The van der Waals surface area contributed by atoms with E-state index in [0.29, 0.717) is 6.42 Å². The molecule has 0 heterocycles. The lowest BCUT2D eigenvalue weighted by molar-refractivity contribution is 0.476. The minimum absolute atomic E-state index is 0.0557. The Morgan fingerprint density at radius 3 is 1.85 bits per heavy atom. The summed E-state index contributed by atoms with van der Waals surface area (Å²) in [5.41, 5.74) is 0. The van der Waals surface area contributed by atoms with Crippen molar-refractivity contribution in [3.8, 4) is 24.3 Å². The second-order valence-electron chi connectivity index (χ2n) is 2.53. The van der Waals surface area contributed by atoms with Gasteiger partial charge in [0.25, 0.3) is 0 Å². The van der Waals surface area contributed by atoms with Crippen molar-refractivity contribution < 1.29 is 0 Å². The summed E-state index contributed by atoms with van der Waals surface area (Å²) in [6, 6.07) is 7.62. The first-order valence-electron chi connectivity index (χ1n) is 3.83. The number of nitrogens with zero attached hydrogens (tertiary/aromatic N) is 4. The molecular formula is C9H8N4. The summed E-state index contributed by atoms with van der Waals surface area (Å²) in [7, 11) is 0. The van der Waals surface area contributed by atoms with Gasteiger partial charge in [-0.1, -0.05) is 0 Å². The maximum Gasteiger partial charge on any atom is 0.0751 e. The summed E-state index contributed by atoms with van der Waals surface area (Å²) in [5, 5.41) is 33.9. The Morgan fingerprint density at radius 2 is 1.46 bits per heavy atom. The van der Waals surface area contributed by atoms with Gasteiger partial charge in [-0.15, -0.1) is 0 Å². The number of hydrogen-bond acceptors (Lipinski definition) is 4. The van der Waals surface area contributed by atoms with Crippen LogP contribution < -0.4 is 0 Å². The van der Waals surface area contributed by atoms with E-state index >= 15 is 0 Å². The molecule has 0 radical (unpaired) electrons. The Bertz CT molecular complexity index is 306.